The van der Waals surface area contributed by atoms with Crippen LogP contribution in [0.4, 0.5) is 0 Å². The highest BCUT2D eigenvalue weighted by molar-refractivity contribution is 5.91. The van der Waals surface area contributed by atoms with E-state index in [4.69, 9.17) is 9.78 Å². The lowest BCUT2D eigenvalue weighted by atomic mass is 9.80. The van der Waals surface area contributed by atoms with Crippen molar-refractivity contribution in [2.24, 2.45) is 0 Å². The molecule has 1 aromatic carbocycles. The summed E-state index contributed by atoms with van der Waals surface area (Å²) in [5, 5.41) is 4.63. The predicted molar refractivity (Wildman–Crippen MR) is 95.6 cm³/mol. The van der Waals surface area contributed by atoms with E-state index in [1.54, 1.807) is 6.07 Å². The molecule has 0 unspecified atom stereocenters. The first-order valence-corrected chi connectivity index (χ1v) is 9.13. The van der Waals surface area contributed by atoms with Crippen LogP contribution in [0.1, 0.15) is 88.6 Å². The van der Waals surface area contributed by atoms with Crippen LogP contribution in [0.5, 0.6) is 0 Å². The molecule has 0 heterocycles. The molecule has 0 aromatic heterocycles. The molecule has 136 valence electrons. The smallest absolute Gasteiger partial charge is 0.263 e. The Morgan fingerprint density at radius 1 is 1.00 bits per heavy atom. The van der Waals surface area contributed by atoms with Crippen molar-refractivity contribution in [1.29, 1.82) is 0 Å². The summed E-state index contributed by atoms with van der Waals surface area (Å²) < 4.78 is 0. The quantitative estimate of drug-likeness (QED) is 0.277. The normalized spacial score (nSPS) is 11.5. The Hall–Kier alpha value is -1.39. The van der Waals surface area contributed by atoms with Crippen molar-refractivity contribution in [3.05, 3.63) is 35.4 Å². The summed E-state index contributed by atoms with van der Waals surface area (Å²) >= 11 is 0. The lowest BCUT2D eigenvalue weighted by Gasteiger charge is -2.25. The zero-order valence-electron chi connectivity index (χ0n) is 15.6. The Labute approximate surface area is 146 Å². The number of unbranched alkanes of at least 4 members (excludes halogenated alkanes) is 5. The average Bonchev–Trinajstić information content (AvgIpc) is 2.60. The van der Waals surface area contributed by atoms with Crippen molar-refractivity contribution in [2.45, 2.75) is 78.1 Å². The summed E-state index contributed by atoms with van der Waals surface area (Å²) in [7, 11) is 0. The van der Waals surface area contributed by atoms with Gasteiger partial charge >= 0.3 is 5.97 Å². The molecule has 0 aliphatic rings. The summed E-state index contributed by atoms with van der Waals surface area (Å²) in [6.07, 6.45) is 7.92. The van der Waals surface area contributed by atoms with E-state index >= 15 is 0 Å². The molecular formula is C20H32O4. The van der Waals surface area contributed by atoms with Crippen molar-refractivity contribution in [1.82, 2.24) is 0 Å². The van der Waals surface area contributed by atoms with E-state index in [0.717, 1.165) is 24.8 Å². The zero-order chi connectivity index (χ0) is 17.8. The number of hydrogen-bond donors (Lipinski definition) is 0. The number of rotatable bonds is 12. The lowest BCUT2D eigenvalue weighted by Crippen LogP contribution is -2.21. The highest BCUT2D eigenvalue weighted by Crippen LogP contribution is 2.29. The third-order valence-corrected chi connectivity index (χ3v) is 4.50. The number of carbonyl (C=O) groups is 1. The van der Waals surface area contributed by atoms with Crippen LogP contribution in [0.25, 0.3) is 0 Å². The Kier molecular flexibility index (Phi) is 9.65. The molecule has 0 bridgehead atoms. The van der Waals surface area contributed by atoms with Gasteiger partial charge in [-0.2, -0.15) is 4.89 Å². The van der Waals surface area contributed by atoms with Gasteiger partial charge in [-0.05, 0) is 34.9 Å². The molecule has 1 aromatic rings. The second kappa shape index (κ2) is 11.2. The van der Waals surface area contributed by atoms with Gasteiger partial charge in [0, 0.05) is 0 Å². The van der Waals surface area contributed by atoms with Crippen LogP contribution < -0.4 is 0 Å². The highest BCUT2D eigenvalue weighted by Gasteiger charge is 2.25. The van der Waals surface area contributed by atoms with E-state index in [-0.39, 0.29) is 5.41 Å². The summed E-state index contributed by atoms with van der Waals surface area (Å²) in [4.78, 5) is 21.9. The Balaban J connectivity index is 2.34. The van der Waals surface area contributed by atoms with Crippen molar-refractivity contribution in [3.63, 3.8) is 0 Å². The molecule has 0 fully saturated rings. The number of benzene rings is 1. The minimum atomic E-state index is -0.518. The first-order chi connectivity index (χ1) is 11.5. The van der Waals surface area contributed by atoms with Crippen LogP contribution in [-0.2, 0) is 20.2 Å². The van der Waals surface area contributed by atoms with Gasteiger partial charge in [0.25, 0.3) is 0 Å². The largest absolute Gasteiger partial charge is 0.376 e. The first-order valence-electron chi connectivity index (χ1n) is 9.13. The molecule has 4 nitrogen and oxygen atoms in total. The highest BCUT2D eigenvalue weighted by atomic mass is 17.5. The summed E-state index contributed by atoms with van der Waals surface area (Å²) in [5.41, 5.74) is 1.37. The molecule has 0 aliphatic heterocycles. The van der Waals surface area contributed by atoms with Crippen LogP contribution in [0.15, 0.2) is 24.3 Å². The van der Waals surface area contributed by atoms with E-state index in [1.165, 1.54) is 25.7 Å². The molecule has 0 aliphatic carbocycles. The topological polar surface area (TPSA) is 44.8 Å². The van der Waals surface area contributed by atoms with Crippen LogP contribution in [-0.4, -0.2) is 12.6 Å². The number of hydrogen-bond acceptors (Lipinski definition) is 4. The van der Waals surface area contributed by atoms with Crippen molar-refractivity contribution in [3.8, 4) is 0 Å². The van der Waals surface area contributed by atoms with Gasteiger partial charge in [-0.25, -0.2) is 4.79 Å². The fourth-order valence-electron chi connectivity index (χ4n) is 2.52. The molecule has 24 heavy (non-hydrogen) atoms. The van der Waals surface area contributed by atoms with Gasteiger partial charge in [0.05, 0.1) is 12.2 Å². The van der Waals surface area contributed by atoms with Gasteiger partial charge in [-0.3, -0.25) is 4.89 Å². The average molecular weight is 336 g/mol. The third-order valence-electron chi connectivity index (χ3n) is 4.50. The van der Waals surface area contributed by atoms with E-state index in [2.05, 4.69) is 32.7 Å². The molecule has 1 rings (SSSR count). The van der Waals surface area contributed by atoms with Crippen LogP contribution >= 0.6 is 0 Å². The van der Waals surface area contributed by atoms with Crippen molar-refractivity contribution < 1.29 is 19.6 Å². The third kappa shape index (κ3) is 7.02. The van der Waals surface area contributed by atoms with Gasteiger partial charge in [0.15, 0.2) is 0 Å². The standard InChI is InChI=1S/C20H32O4/c1-5-7-8-9-10-13-16-22-24-23-19(21)17-14-11-12-15-18(17)20(3,4)6-2/h11-12,14-15H,5-10,13,16H2,1-4H3. The number of carbonyl (C=O) groups excluding carboxylic acids is 1. The van der Waals surface area contributed by atoms with Gasteiger partial charge in [0.2, 0.25) is 0 Å². The monoisotopic (exact) mass is 336 g/mol. The SMILES string of the molecule is CCCCCCCCOOOC(=O)c1ccccc1C(C)(C)CC. The Morgan fingerprint density at radius 2 is 1.67 bits per heavy atom. The van der Waals surface area contributed by atoms with Crippen LogP contribution in [0.2, 0.25) is 0 Å². The second-order valence-electron chi connectivity index (χ2n) is 6.81. The molecule has 4 heteroatoms. The van der Waals surface area contributed by atoms with Crippen LogP contribution in [0, 0.1) is 0 Å². The molecule has 0 amide bonds. The molecule has 0 atom stereocenters. The first kappa shape index (κ1) is 20.7. The van der Waals surface area contributed by atoms with E-state index in [9.17, 15) is 4.79 Å². The molecule has 0 saturated carbocycles. The van der Waals surface area contributed by atoms with Gasteiger partial charge in [-0.1, -0.05) is 78.0 Å². The van der Waals surface area contributed by atoms with E-state index < -0.39 is 5.97 Å². The Morgan fingerprint density at radius 3 is 2.38 bits per heavy atom. The Bertz CT molecular complexity index is 482. The predicted octanol–water partition coefficient (Wildman–Crippen LogP) is 5.75. The summed E-state index contributed by atoms with van der Waals surface area (Å²) in [6, 6.07) is 7.46. The summed E-state index contributed by atoms with van der Waals surface area (Å²) in [5.74, 6) is -0.518. The fraction of sp³-hybridized carbons (Fsp3) is 0.650. The van der Waals surface area contributed by atoms with Crippen LogP contribution in [0.3, 0.4) is 0 Å². The van der Waals surface area contributed by atoms with Crippen molar-refractivity contribution >= 4 is 5.97 Å². The van der Waals surface area contributed by atoms with E-state index in [0.29, 0.717) is 12.2 Å². The maximum Gasteiger partial charge on any atom is 0.376 e. The van der Waals surface area contributed by atoms with Crippen molar-refractivity contribution in [2.75, 3.05) is 6.61 Å². The minimum absolute atomic E-state index is 0.102. The molecule has 0 saturated heterocycles. The van der Waals surface area contributed by atoms with Gasteiger partial charge in [-0.15, -0.1) is 0 Å². The lowest BCUT2D eigenvalue weighted by molar-refractivity contribution is -0.481. The zero-order valence-corrected chi connectivity index (χ0v) is 15.6. The molecule has 0 N–H and O–H groups in total. The molecule has 0 radical (unpaired) electrons. The minimum Gasteiger partial charge on any atom is -0.263 e. The fourth-order valence-corrected chi connectivity index (χ4v) is 2.52. The van der Waals surface area contributed by atoms with E-state index in [1.807, 2.05) is 18.2 Å². The second-order valence-corrected chi connectivity index (χ2v) is 6.81. The maximum absolute atomic E-state index is 12.2. The molecular weight excluding hydrogens is 304 g/mol. The van der Waals surface area contributed by atoms with Gasteiger partial charge in [0.1, 0.15) is 0 Å². The molecule has 0 spiro atoms. The van der Waals surface area contributed by atoms with Gasteiger partial charge < -0.3 is 0 Å². The maximum atomic E-state index is 12.2. The summed E-state index contributed by atoms with van der Waals surface area (Å²) in [6.45, 7) is 8.94.